The van der Waals surface area contributed by atoms with E-state index in [0.717, 1.165) is 22.4 Å². The summed E-state index contributed by atoms with van der Waals surface area (Å²) in [5, 5.41) is 11.1. The van der Waals surface area contributed by atoms with Crippen molar-refractivity contribution in [2.24, 2.45) is 0 Å². The summed E-state index contributed by atoms with van der Waals surface area (Å²) in [6.07, 6.45) is -4.71. The molecule has 0 bridgehead atoms. The first kappa shape index (κ1) is 24.0. The van der Waals surface area contributed by atoms with E-state index in [9.17, 15) is 28.0 Å². The van der Waals surface area contributed by atoms with Crippen molar-refractivity contribution >= 4 is 34.3 Å². The van der Waals surface area contributed by atoms with E-state index in [-0.39, 0.29) is 21.8 Å². The van der Waals surface area contributed by atoms with Gasteiger partial charge in [-0.05, 0) is 43.3 Å². The number of para-hydroxylation sites is 3. The average Bonchev–Trinajstić information content (AvgIpc) is 2.84. The Balaban J connectivity index is 1.80. The van der Waals surface area contributed by atoms with Crippen molar-refractivity contribution in [1.29, 1.82) is 5.26 Å². The van der Waals surface area contributed by atoms with Gasteiger partial charge >= 0.3 is 6.18 Å². The molecule has 1 atom stereocenters. The summed E-state index contributed by atoms with van der Waals surface area (Å²) in [5.41, 5.74) is -1.20. The van der Waals surface area contributed by atoms with Gasteiger partial charge in [-0.3, -0.25) is 14.2 Å². The molecule has 0 aliphatic heterocycles. The molecule has 176 valence electrons. The number of hydrogen-bond acceptors (Lipinski definition) is 5. The molecule has 0 saturated carbocycles. The van der Waals surface area contributed by atoms with Crippen LogP contribution in [0.3, 0.4) is 0 Å². The van der Waals surface area contributed by atoms with Crippen LogP contribution in [-0.2, 0) is 11.0 Å². The zero-order valence-corrected chi connectivity index (χ0v) is 19.0. The molecule has 4 rings (SSSR count). The molecule has 0 aliphatic rings. The van der Waals surface area contributed by atoms with Gasteiger partial charge in [-0.2, -0.15) is 18.4 Å². The number of rotatable bonds is 5. The number of aromatic nitrogens is 2. The number of fused-ring (bicyclic) bond motifs is 1. The van der Waals surface area contributed by atoms with Gasteiger partial charge in [0.05, 0.1) is 38.7 Å². The Morgan fingerprint density at radius 1 is 1.06 bits per heavy atom. The number of amides is 1. The molecule has 0 fully saturated rings. The Hall–Kier alpha value is -4.10. The number of benzene rings is 3. The molecule has 0 unspecified atom stereocenters. The van der Waals surface area contributed by atoms with Gasteiger partial charge in [0.25, 0.3) is 5.56 Å². The molecular formula is C25H17F3N4O2S. The van der Waals surface area contributed by atoms with Gasteiger partial charge in [0.15, 0.2) is 5.16 Å². The van der Waals surface area contributed by atoms with E-state index in [1.807, 2.05) is 6.07 Å². The molecule has 0 spiro atoms. The number of hydrogen-bond donors (Lipinski definition) is 1. The highest BCUT2D eigenvalue weighted by molar-refractivity contribution is 8.00. The maximum absolute atomic E-state index is 13.8. The van der Waals surface area contributed by atoms with Crippen molar-refractivity contribution in [1.82, 2.24) is 9.55 Å². The van der Waals surface area contributed by atoms with E-state index >= 15 is 0 Å². The molecule has 4 aromatic rings. The molecule has 1 N–H and O–H groups in total. The van der Waals surface area contributed by atoms with Gasteiger partial charge in [-0.25, -0.2) is 4.98 Å². The van der Waals surface area contributed by atoms with Crippen molar-refractivity contribution in [3.8, 4) is 11.8 Å². The van der Waals surface area contributed by atoms with Crippen LogP contribution in [0, 0.1) is 11.3 Å². The Labute approximate surface area is 202 Å². The second kappa shape index (κ2) is 9.64. The number of thioether (sulfide) groups is 1. The van der Waals surface area contributed by atoms with E-state index < -0.39 is 28.5 Å². The van der Waals surface area contributed by atoms with Crippen LogP contribution in [0.1, 0.15) is 18.1 Å². The SMILES string of the molecule is C[C@@H](Sc1nc2ccccc2c(=O)n1-c1ccccc1C(F)(F)F)C(=O)Nc1ccccc1C#N. The van der Waals surface area contributed by atoms with Crippen molar-refractivity contribution < 1.29 is 18.0 Å². The topological polar surface area (TPSA) is 87.8 Å². The van der Waals surface area contributed by atoms with E-state index in [0.29, 0.717) is 11.2 Å². The number of alkyl halides is 3. The van der Waals surface area contributed by atoms with Crippen LogP contribution in [0.15, 0.2) is 82.7 Å². The molecule has 1 aromatic heterocycles. The first-order valence-corrected chi connectivity index (χ1v) is 11.2. The number of carbonyl (C=O) groups is 1. The first-order chi connectivity index (χ1) is 16.7. The normalized spacial score (nSPS) is 12.2. The number of nitriles is 1. The Morgan fingerprint density at radius 3 is 2.46 bits per heavy atom. The summed E-state index contributed by atoms with van der Waals surface area (Å²) < 4.78 is 42.2. The molecule has 10 heteroatoms. The minimum Gasteiger partial charge on any atom is -0.324 e. The molecule has 0 radical (unpaired) electrons. The molecule has 0 saturated heterocycles. The lowest BCUT2D eigenvalue weighted by Gasteiger charge is -2.19. The highest BCUT2D eigenvalue weighted by Crippen LogP contribution is 2.35. The molecule has 35 heavy (non-hydrogen) atoms. The van der Waals surface area contributed by atoms with Crippen molar-refractivity contribution in [3.05, 3.63) is 94.3 Å². The molecule has 1 heterocycles. The summed E-state index contributed by atoms with van der Waals surface area (Å²) in [7, 11) is 0. The molecule has 1 amide bonds. The van der Waals surface area contributed by atoms with Gasteiger partial charge in [0.2, 0.25) is 5.91 Å². The number of carbonyl (C=O) groups excluding carboxylic acids is 1. The van der Waals surface area contributed by atoms with Crippen LogP contribution in [0.25, 0.3) is 16.6 Å². The summed E-state index contributed by atoms with van der Waals surface area (Å²) in [6, 6.07) is 19.4. The summed E-state index contributed by atoms with van der Waals surface area (Å²) in [6.45, 7) is 1.54. The smallest absolute Gasteiger partial charge is 0.324 e. The molecular weight excluding hydrogens is 477 g/mol. The monoisotopic (exact) mass is 494 g/mol. The lowest BCUT2D eigenvalue weighted by Crippen LogP contribution is -2.27. The third kappa shape index (κ3) is 4.90. The van der Waals surface area contributed by atoms with Gasteiger partial charge in [-0.1, -0.05) is 48.2 Å². The van der Waals surface area contributed by atoms with E-state index in [4.69, 9.17) is 0 Å². The van der Waals surface area contributed by atoms with Gasteiger partial charge in [-0.15, -0.1) is 0 Å². The van der Waals surface area contributed by atoms with Crippen LogP contribution >= 0.6 is 11.8 Å². The fraction of sp³-hybridized carbons (Fsp3) is 0.120. The standard InChI is InChI=1S/C25H17F3N4O2S/c1-15(22(33)30-19-11-5-2-8-16(19)14-29)35-24-31-20-12-6-3-9-17(20)23(34)32(24)21-13-7-4-10-18(21)25(26,27)28/h2-13,15H,1H3,(H,30,33)/t15-/m1/s1. The molecule has 3 aromatic carbocycles. The second-order valence-electron chi connectivity index (χ2n) is 7.47. The summed E-state index contributed by atoms with van der Waals surface area (Å²) in [5.74, 6) is -0.504. The third-order valence-electron chi connectivity index (χ3n) is 5.15. The van der Waals surface area contributed by atoms with E-state index in [1.54, 1.807) is 42.5 Å². The third-order valence-corrected chi connectivity index (χ3v) is 6.20. The van der Waals surface area contributed by atoms with Crippen LogP contribution in [0.4, 0.5) is 18.9 Å². The van der Waals surface area contributed by atoms with E-state index in [1.165, 1.54) is 31.2 Å². The fourth-order valence-electron chi connectivity index (χ4n) is 3.45. The predicted molar refractivity (Wildman–Crippen MR) is 127 cm³/mol. The largest absolute Gasteiger partial charge is 0.418 e. The van der Waals surface area contributed by atoms with Crippen LogP contribution in [0.2, 0.25) is 0 Å². The van der Waals surface area contributed by atoms with Gasteiger partial charge in [0.1, 0.15) is 6.07 Å². The predicted octanol–water partition coefficient (Wildman–Crippen LogP) is 5.40. The number of halogens is 3. The lowest BCUT2D eigenvalue weighted by atomic mass is 10.1. The zero-order valence-electron chi connectivity index (χ0n) is 18.2. The number of nitrogens with one attached hydrogen (secondary N) is 1. The van der Waals surface area contributed by atoms with Crippen molar-refractivity contribution in [2.75, 3.05) is 5.32 Å². The fourth-order valence-corrected chi connectivity index (χ4v) is 4.37. The number of nitrogens with zero attached hydrogens (tertiary/aromatic N) is 3. The van der Waals surface area contributed by atoms with Gasteiger partial charge in [0, 0.05) is 0 Å². The minimum atomic E-state index is -4.71. The Morgan fingerprint density at radius 2 is 1.71 bits per heavy atom. The maximum Gasteiger partial charge on any atom is 0.418 e. The summed E-state index contributed by atoms with van der Waals surface area (Å²) >= 11 is 0.844. The van der Waals surface area contributed by atoms with Gasteiger partial charge < -0.3 is 5.32 Å². The highest BCUT2D eigenvalue weighted by atomic mass is 32.2. The van der Waals surface area contributed by atoms with Crippen LogP contribution < -0.4 is 10.9 Å². The molecule has 6 nitrogen and oxygen atoms in total. The maximum atomic E-state index is 13.8. The lowest BCUT2D eigenvalue weighted by molar-refractivity contribution is -0.137. The summed E-state index contributed by atoms with van der Waals surface area (Å²) in [4.78, 5) is 30.7. The van der Waals surface area contributed by atoms with Crippen LogP contribution in [-0.4, -0.2) is 20.7 Å². The second-order valence-corrected chi connectivity index (χ2v) is 8.78. The quantitative estimate of drug-likeness (QED) is 0.297. The minimum absolute atomic E-state index is 0.0679. The van der Waals surface area contributed by atoms with Crippen LogP contribution in [0.5, 0.6) is 0 Å². The van der Waals surface area contributed by atoms with Crippen molar-refractivity contribution in [3.63, 3.8) is 0 Å². The molecule has 0 aliphatic carbocycles. The Bertz CT molecular complexity index is 1530. The number of anilines is 1. The van der Waals surface area contributed by atoms with E-state index in [2.05, 4.69) is 10.3 Å². The Kier molecular flexibility index (Phi) is 6.62. The first-order valence-electron chi connectivity index (χ1n) is 10.4. The zero-order chi connectivity index (χ0) is 25.2. The average molecular weight is 494 g/mol. The van der Waals surface area contributed by atoms with Crippen molar-refractivity contribution in [2.45, 2.75) is 23.5 Å². The highest BCUT2D eigenvalue weighted by Gasteiger charge is 2.35.